The summed E-state index contributed by atoms with van der Waals surface area (Å²) in [4.78, 5) is 26.6. The van der Waals surface area contributed by atoms with Gasteiger partial charge in [0.25, 0.3) is 0 Å². The van der Waals surface area contributed by atoms with Crippen molar-refractivity contribution in [2.45, 2.75) is 32.9 Å². The van der Waals surface area contributed by atoms with E-state index in [9.17, 15) is 9.59 Å². The van der Waals surface area contributed by atoms with E-state index in [2.05, 4.69) is 10.3 Å². The molecule has 0 aliphatic rings. The Hall–Kier alpha value is -2.30. The molecule has 0 spiro atoms. The number of carbonyl (C=O) groups is 1. The highest BCUT2D eigenvalue weighted by molar-refractivity contribution is 5.78. The number of amides is 1. The zero-order valence-electron chi connectivity index (χ0n) is 11.8. The predicted octanol–water partition coefficient (Wildman–Crippen LogP) is 2.55. The number of para-hydroxylation sites is 1. The highest BCUT2D eigenvalue weighted by Crippen LogP contribution is 2.08. The molecule has 5 nitrogen and oxygen atoms in total. The molecule has 0 saturated carbocycles. The summed E-state index contributed by atoms with van der Waals surface area (Å²) in [5.74, 6) is 0. The lowest BCUT2D eigenvalue weighted by Crippen LogP contribution is -2.32. The minimum Gasteiger partial charge on any atom is -0.444 e. The van der Waals surface area contributed by atoms with Gasteiger partial charge in [-0.2, -0.15) is 0 Å². The van der Waals surface area contributed by atoms with E-state index in [4.69, 9.17) is 4.74 Å². The van der Waals surface area contributed by atoms with Gasteiger partial charge in [-0.15, -0.1) is 0 Å². The lowest BCUT2D eigenvalue weighted by molar-refractivity contribution is 0.0523. The second-order valence-electron chi connectivity index (χ2n) is 5.56. The van der Waals surface area contributed by atoms with Crippen molar-refractivity contribution < 1.29 is 9.53 Å². The summed E-state index contributed by atoms with van der Waals surface area (Å²) in [5.41, 5.74) is 0.779. The first kappa shape index (κ1) is 14.1. The summed E-state index contributed by atoms with van der Waals surface area (Å²) < 4.78 is 5.14. The van der Waals surface area contributed by atoms with Gasteiger partial charge in [0.15, 0.2) is 5.43 Å². The number of fused-ring (bicyclic) bond motifs is 1. The Morgan fingerprint density at radius 1 is 1.30 bits per heavy atom. The van der Waals surface area contributed by atoms with Gasteiger partial charge in [-0.05, 0) is 32.9 Å². The van der Waals surface area contributed by atoms with Crippen LogP contribution in [0.15, 0.2) is 35.1 Å². The fourth-order valence-electron chi connectivity index (χ4n) is 1.83. The Balaban J connectivity index is 2.11. The molecular formula is C15H18N2O3. The monoisotopic (exact) mass is 274 g/mol. The van der Waals surface area contributed by atoms with E-state index in [-0.39, 0.29) is 12.0 Å². The molecule has 2 N–H and O–H groups in total. The third-order valence-corrected chi connectivity index (χ3v) is 2.62. The fraction of sp³-hybridized carbons (Fsp3) is 0.333. The van der Waals surface area contributed by atoms with Crippen LogP contribution in [0.4, 0.5) is 4.79 Å². The number of benzene rings is 1. The molecule has 1 aromatic carbocycles. The number of H-pyrrole nitrogens is 1. The van der Waals surface area contributed by atoms with Crippen LogP contribution in [-0.4, -0.2) is 16.7 Å². The molecule has 1 heterocycles. The van der Waals surface area contributed by atoms with Crippen LogP contribution in [0.3, 0.4) is 0 Å². The Bertz CT molecular complexity index is 683. The molecule has 0 radical (unpaired) electrons. The molecule has 20 heavy (non-hydrogen) atoms. The van der Waals surface area contributed by atoms with Crippen molar-refractivity contribution in [2.24, 2.45) is 0 Å². The van der Waals surface area contributed by atoms with Crippen LogP contribution in [-0.2, 0) is 11.3 Å². The van der Waals surface area contributed by atoms with Crippen LogP contribution in [0.25, 0.3) is 10.9 Å². The van der Waals surface area contributed by atoms with E-state index in [0.29, 0.717) is 11.1 Å². The van der Waals surface area contributed by atoms with Crippen molar-refractivity contribution in [1.82, 2.24) is 10.3 Å². The van der Waals surface area contributed by atoms with Crippen molar-refractivity contribution in [3.05, 3.63) is 46.2 Å². The van der Waals surface area contributed by atoms with Crippen molar-refractivity contribution in [1.29, 1.82) is 0 Å². The molecule has 5 heteroatoms. The van der Waals surface area contributed by atoms with Crippen LogP contribution in [0.1, 0.15) is 26.5 Å². The molecule has 0 saturated heterocycles. The Kier molecular flexibility index (Phi) is 3.79. The molecular weight excluding hydrogens is 256 g/mol. The second kappa shape index (κ2) is 5.36. The van der Waals surface area contributed by atoms with E-state index in [1.165, 1.54) is 6.07 Å². The first-order valence-corrected chi connectivity index (χ1v) is 6.43. The number of rotatable bonds is 2. The lowest BCUT2D eigenvalue weighted by Gasteiger charge is -2.19. The number of alkyl carbamates (subject to hydrolysis) is 1. The van der Waals surface area contributed by atoms with E-state index >= 15 is 0 Å². The lowest BCUT2D eigenvalue weighted by atomic mass is 10.2. The third-order valence-electron chi connectivity index (χ3n) is 2.62. The number of aromatic nitrogens is 1. The highest BCUT2D eigenvalue weighted by atomic mass is 16.6. The van der Waals surface area contributed by atoms with Crippen molar-refractivity contribution >= 4 is 17.0 Å². The molecule has 106 valence electrons. The number of nitrogens with one attached hydrogen (secondary N) is 2. The summed E-state index contributed by atoms with van der Waals surface area (Å²) in [7, 11) is 0. The van der Waals surface area contributed by atoms with Gasteiger partial charge in [0.2, 0.25) is 0 Å². The van der Waals surface area contributed by atoms with Crippen LogP contribution in [0, 0.1) is 0 Å². The number of carbonyl (C=O) groups excluding carboxylic acids is 1. The van der Waals surface area contributed by atoms with Crippen LogP contribution >= 0.6 is 0 Å². The molecule has 0 aliphatic carbocycles. The topological polar surface area (TPSA) is 71.2 Å². The Morgan fingerprint density at radius 3 is 2.70 bits per heavy atom. The van der Waals surface area contributed by atoms with E-state index < -0.39 is 11.7 Å². The van der Waals surface area contributed by atoms with Gasteiger partial charge in [0.1, 0.15) is 5.60 Å². The fourth-order valence-corrected chi connectivity index (χ4v) is 1.83. The van der Waals surface area contributed by atoms with Crippen LogP contribution in [0.5, 0.6) is 0 Å². The van der Waals surface area contributed by atoms with Crippen molar-refractivity contribution in [3.8, 4) is 0 Å². The summed E-state index contributed by atoms with van der Waals surface area (Å²) in [6.45, 7) is 5.61. The first-order valence-electron chi connectivity index (χ1n) is 6.43. The van der Waals surface area contributed by atoms with E-state index in [1.807, 2.05) is 18.2 Å². The average molecular weight is 274 g/mol. The zero-order valence-corrected chi connectivity index (χ0v) is 11.8. The maximum atomic E-state index is 11.9. The molecule has 1 amide bonds. The van der Waals surface area contributed by atoms with Gasteiger partial charge in [0, 0.05) is 22.7 Å². The standard InChI is InChI=1S/C15H18N2O3/c1-15(2,3)20-14(19)16-9-10-8-13(18)11-6-4-5-7-12(11)17-10/h4-8H,9H2,1-3H3,(H,16,19)(H,17,18). The highest BCUT2D eigenvalue weighted by Gasteiger charge is 2.15. The van der Waals surface area contributed by atoms with Crippen molar-refractivity contribution in [3.63, 3.8) is 0 Å². The first-order chi connectivity index (χ1) is 9.35. The summed E-state index contributed by atoms with van der Waals surface area (Å²) in [6, 6.07) is 8.74. The molecule has 0 aliphatic heterocycles. The second-order valence-corrected chi connectivity index (χ2v) is 5.56. The molecule has 2 aromatic rings. The Labute approximate surface area is 117 Å². The van der Waals surface area contributed by atoms with Gasteiger partial charge in [-0.25, -0.2) is 4.79 Å². The van der Waals surface area contributed by atoms with Crippen LogP contribution < -0.4 is 10.7 Å². The molecule has 2 rings (SSSR count). The van der Waals surface area contributed by atoms with Gasteiger partial charge in [-0.3, -0.25) is 4.79 Å². The summed E-state index contributed by atoms with van der Waals surface area (Å²) >= 11 is 0. The molecule has 0 atom stereocenters. The minimum absolute atomic E-state index is 0.0691. The number of hydrogen-bond acceptors (Lipinski definition) is 3. The van der Waals surface area contributed by atoms with Gasteiger partial charge in [-0.1, -0.05) is 12.1 Å². The Morgan fingerprint density at radius 2 is 2.00 bits per heavy atom. The van der Waals surface area contributed by atoms with Gasteiger partial charge >= 0.3 is 6.09 Å². The predicted molar refractivity (Wildman–Crippen MR) is 77.6 cm³/mol. The maximum absolute atomic E-state index is 11.9. The molecule has 1 aromatic heterocycles. The largest absolute Gasteiger partial charge is 0.444 e. The third kappa shape index (κ3) is 3.60. The van der Waals surface area contributed by atoms with Gasteiger partial charge < -0.3 is 15.0 Å². The molecule has 0 bridgehead atoms. The summed E-state index contributed by atoms with van der Waals surface area (Å²) in [6.07, 6.45) is -0.508. The number of ether oxygens (including phenoxy) is 1. The van der Waals surface area contributed by atoms with Gasteiger partial charge in [0.05, 0.1) is 6.54 Å². The number of hydrogen-bond donors (Lipinski definition) is 2. The smallest absolute Gasteiger partial charge is 0.407 e. The van der Waals surface area contributed by atoms with Crippen molar-refractivity contribution in [2.75, 3.05) is 0 Å². The normalized spacial score (nSPS) is 11.3. The zero-order chi connectivity index (χ0) is 14.8. The number of aromatic amines is 1. The maximum Gasteiger partial charge on any atom is 0.407 e. The number of pyridine rings is 1. The van der Waals surface area contributed by atoms with Crippen LogP contribution in [0.2, 0.25) is 0 Å². The minimum atomic E-state index is -0.541. The molecule has 0 fully saturated rings. The SMILES string of the molecule is CC(C)(C)OC(=O)NCc1cc(=O)c2ccccc2[nH]1. The quantitative estimate of drug-likeness (QED) is 0.884. The van der Waals surface area contributed by atoms with E-state index in [1.54, 1.807) is 26.8 Å². The molecule has 0 unspecified atom stereocenters. The van der Waals surface area contributed by atoms with E-state index in [0.717, 1.165) is 5.52 Å². The average Bonchev–Trinajstić information content (AvgIpc) is 2.34. The summed E-state index contributed by atoms with van der Waals surface area (Å²) in [5, 5.41) is 3.25.